The van der Waals surface area contributed by atoms with Gasteiger partial charge in [-0.15, -0.1) is 22.0 Å². The number of fused-ring (bicyclic) bond motifs is 1. The molecule has 2 unspecified atom stereocenters. The van der Waals surface area contributed by atoms with E-state index in [0.29, 0.717) is 27.8 Å². The van der Waals surface area contributed by atoms with Gasteiger partial charge in [0.15, 0.2) is 9.47 Å². The Bertz CT molecular complexity index is 1290. The zero-order valence-corrected chi connectivity index (χ0v) is 22.2. The molecule has 0 bridgehead atoms. The number of nitrogen functional groups attached to an aromatic ring is 1. The molecule has 5 rings (SSSR count). The molecule has 3 atom stereocenters. The average molecular weight is 581 g/mol. The van der Waals surface area contributed by atoms with Crippen molar-refractivity contribution >= 4 is 75.0 Å². The van der Waals surface area contributed by atoms with Crippen LogP contribution in [0, 0.1) is 0 Å². The van der Waals surface area contributed by atoms with Gasteiger partial charge >= 0.3 is 5.97 Å². The van der Waals surface area contributed by atoms with Crippen molar-refractivity contribution in [2.24, 2.45) is 5.16 Å². The number of carboxylic acid groups (broad SMARTS) is 1. The molecule has 17 heteroatoms. The van der Waals surface area contributed by atoms with E-state index >= 15 is 0 Å². The highest BCUT2D eigenvalue weighted by atomic mass is 32.2. The zero-order valence-electron chi connectivity index (χ0n) is 19.0. The number of β-lactam (4-membered cyclic amide) rings is 1. The lowest BCUT2D eigenvalue weighted by atomic mass is 10.0. The van der Waals surface area contributed by atoms with E-state index in [9.17, 15) is 19.5 Å². The van der Waals surface area contributed by atoms with Crippen molar-refractivity contribution in [3.8, 4) is 0 Å². The quantitative estimate of drug-likeness (QED) is 0.127. The number of nitrogens with two attached hydrogens (primary N) is 1. The van der Waals surface area contributed by atoms with Crippen LogP contribution in [0.5, 0.6) is 0 Å². The lowest BCUT2D eigenvalue weighted by molar-refractivity contribution is -0.150. The van der Waals surface area contributed by atoms with Crippen LogP contribution in [0.25, 0.3) is 0 Å². The summed E-state index contributed by atoms with van der Waals surface area (Å²) < 4.78 is 4.77. The number of aliphatic carboxylic acids is 1. The smallest absolute Gasteiger partial charge is 0.352 e. The number of anilines is 1. The normalized spacial score (nSPS) is 23.5. The Hall–Kier alpha value is -3.02. The number of allylic oxidation sites excluding steroid dienone is 1. The van der Waals surface area contributed by atoms with Crippen molar-refractivity contribution in [1.29, 1.82) is 0 Å². The standard InChI is InChI=1S/C20H20N8O5S4/c21-19-24-14(27-37-19)11(26-33-10-4-2-1-3-5-10)15(29)23-12-16(30)28-13(18(31)32)9(6-34-17(12)28)7-35-20-25-22-8-36-20/h1-2,8,10,12,17H,3-7H2,(H,23,29)(H,31,32)(H2,21,24,27)/t10?,12?,17-/m0/s1. The molecule has 4 heterocycles. The highest BCUT2D eigenvalue weighted by Crippen LogP contribution is 2.41. The van der Waals surface area contributed by atoms with Crippen LogP contribution in [0.2, 0.25) is 0 Å². The number of hydrogen-bond donors (Lipinski definition) is 3. The van der Waals surface area contributed by atoms with E-state index in [1.165, 1.54) is 39.8 Å². The molecular weight excluding hydrogens is 561 g/mol. The third-order valence-corrected chi connectivity index (χ3v) is 9.46. The molecule has 194 valence electrons. The summed E-state index contributed by atoms with van der Waals surface area (Å²) >= 11 is 5.00. The molecule has 1 aliphatic carbocycles. The maximum atomic E-state index is 13.2. The van der Waals surface area contributed by atoms with E-state index in [1.54, 1.807) is 5.51 Å². The number of carbonyl (C=O) groups excluding carboxylic acids is 2. The SMILES string of the molecule is Nc1nc(C(=NOC2CC=CCC2)C(=O)NC2C(=O)N3C(C(=O)O)=C(CSc4nncs4)CS[C@@H]23)ns1. The Morgan fingerprint density at radius 1 is 1.38 bits per heavy atom. The second-order valence-electron chi connectivity index (χ2n) is 8.02. The maximum absolute atomic E-state index is 13.2. The van der Waals surface area contributed by atoms with Crippen LogP contribution in [-0.4, -0.2) is 82.1 Å². The Labute approximate surface area is 226 Å². The van der Waals surface area contributed by atoms with E-state index in [-0.39, 0.29) is 28.5 Å². The van der Waals surface area contributed by atoms with E-state index in [4.69, 9.17) is 10.6 Å². The summed E-state index contributed by atoms with van der Waals surface area (Å²) in [5, 5.41) is 23.8. The number of hydrogen-bond acceptors (Lipinski definition) is 14. The first kappa shape index (κ1) is 25.6. The van der Waals surface area contributed by atoms with E-state index in [2.05, 4.69) is 36.1 Å². The van der Waals surface area contributed by atoms with Crippen LogP contribution in [-0.2, 0) is 19.2 Å². The van der Waals surface area contributed by atoms with Gasteiger partial charge in [-0.3, -0.25) is 14.5 Å². The first-order chi connectivity index (χ1) is 17.9. The number of carbonyl (C=O) groups is 3. The topological polar surface area (TPSA) is 186 Å². The summed E-state index contributed by atoms with van der Waals surface area (Å²) in [5.41, 5.74) is 7.63. The molecule has 0 radical (unpaired) electrons. The van der Waals surface area contributed by atoms with Gasteiger partial charge in [-0.05, 0) is 18.4 Å². The molecule has 3 aliphatic rings. The molecule has 0 spiro atoms. The van der Waals surface area contributed by atoms with Crippen molar-refractivity contribution < 1.29 is 24.3 Å². The molecule has 4 N–H and O–H groups in total. The Morgan fingerprint density at radius 2 is 2.24 bits per heavy atom. The monoisotopic (exact) mass is 580 g/mol. The van der Waals surface area contributed by atoms with Crippen molar-refractivity contribution in [1.82, 2.24) is 29.8 Å². The predicted molar refractivity (Wildman–Crippen MR) is 139 cm³/mol. The molecule has 2 aromatic rings. The van der Waals surface area contributed by atoms with Crippen molar-refractivity contribution in [3.05, 3.63) is 34.8 Å². The van der Waals surface area contributed by atoms with E-state index in [1.807, 2.05) is 6.08 Å². The Morgan fingerprint density at radius 3 is 2.92 bits per heavy atom. The fraction of sp³-hybridized carbons (Fsp3) is 0.400. The van der Waals surface area contributed by atoms with Gasteiger partial charge in [0.2, 0.25) is 11.5 Å². The molecule has 1 fully saturated rings. The van der Waals surface area contributed by atoms with Gasteiger partial charge in [-0.1, -0.05) is 40.4 Å². The largest absolute Gasteiger partial charge is 0.477 e. The Kier molecular flexibility index (Phi) is 7.73. The molecule has 0 saturated carbocycles. The van der Waals surface area contributed by atoms with Crippen molar-refractivity contribution in [2.45, 2.75) is 41.1 Å². The van der Waals surface area contributed by atoms with Gasteiger partial charge in [-0.25, -0.2) is 4.79 Å². The number of nitrogens with one attached hydrogen (secondary N) is 1. The molecule has 2 aliphatic heterocycles. The van der Waals surface area contributed by atoms with Gasteiger partial charge in [0.1, 0.15) is 28.7 Å². The van der Waals surface area contributed by atoms with Gasteiger partial charge < -0.3 is 21.0 Å². The predicted octanol–water partition coefficient (Wildman–Crippen LogP) is 1.33. The van der Waals surface area contributed by atoms with Crippen LogP contribution < -0.4 is 11.1 Å². The number of rotatable bonds is 9. The van der Waals surface area contributed by atoms with Crippen molar-refractivity contribution in [2.75, 3.05) is 17.2 Å². The third-order valence-electron chi connectivity index (χ3n) is 5.63. The summed E-state index contributed by atoms with van der Waals surface area (Å²) in [4.78, 5) is 49.1. The van der Waals surface area contributed by atoms with Gasteiger partial charge in [0.25, 0.3) is 11.8 Å². The molecule has 2 aromatic heterocycles. The van der Waals surface area contributed by atoms with Crippen molar-refractivity contribution in [3.63, 3.8) is 0 Å². The fourth-order valence-corrected chi connectivity index (χ4v) is 7.29. The minimum atomic E-state index is -1.20. The maximum Gasteiger partial charge on any atom is 0.352 e. The van der Waals surface area contributed by atoms with Crippen LogP contribution in [0.4, 0.5) is 5.13 Å². The number of carboxylic acids is 1. The minimum Gasteiger partial charge on any atom is -0.477 e. The van der Waals surface area contributed by atoms with Crippen LogP contribution in [0.3, 0.4) is 0 Å². The Balaban J connectivity index is 1.30. The first-order valence-electron chi connectivity index (χ1n) is 11.0. The molecule has 0 aromatic carbocycles. The number of aromatic nitrogens is 4. The second-order valence-corrected chi connectivity index (χ2v) is 12.0. The average Bonchev–Trinajstić information content (AvgIpc) is 3.58. The summed E-state index contributed by atoms with van der Waals surface area (Å²) in [6.45, 7) is 0. The van der Waals surface area contributed by atoms with Crippen LogP contribution >= 0.6 is 46.4 Å². The second kappa shape index (κ2) is 11.2. The highest BCUT2D eigenvalue weighted by Gasteiger charge is 2.54. The van der Waals surface area contributed by atoms with Gasteiger partial charge in [0, 0.05) is 29.5 Å². The van der Waals surface area contributed by atoms with Crippen LogP contribution in [0.15, 0.2) is 38.4 Å². The molecule has 37 heavy (non-hydrogen) atoms. The zero-order chi connectivity index (χ0) is 25.9. The number of oxime groups is 1. The highest BCUT2D eigenvalue weighted by molar-refractivity contribution is 8.01. The molecule has 1 saturated heterocycles. The summed E-state index contributed by atoms with van der Waals surface area (Å²) in [5.74, 6) is -1.69. The van der Waals surface area contributed by atoms with Crippen LogP contribution in [0.1, 0.15) is 25.1 Å². The lowest BCUT2D eigenvalue weighted by Gasteiger charge is -2.49. The first-order valence-corrected chi connectivity index (χ1v) is 14.7. The molecule has 2 amide bonds. The van der Waals surface area contributed by atoms with E-state index < -0.39 is 29.2 Å². The number of thioether (sulfide) groups is 2. The summed E-state index contributed by atoms with van der Waals surface area (Å²) in [6.07, 6.45) is 6.09. The minimum absolute atomic E-state index is 0.00612. The molecule has 13 nitrogen and oxygen atoms in total. The van der Waals surface area contributed by atoms with Gasteiger partial charge in [-0.2, -0.15) is 9.36 Å². The lowest BCUT2D eigenvalue weighted by Crippen LogP contribution is -2.71. The fourth-order valence-electron chi connectivity index (χ4n) is 3.88. The number of nitrogens with zero attached hydrogens (tertiary/aromatic N) is 6. The third kappa shape index (κ3) is 5.48. The van der Waals surface area contributed by atoms with Gasteiger partial charge in [0.05, 0.1) is 0 Å². The summed E-state index contributed by atoms with van der Waals surface area (Å²) in [7, 11) is 0. The van der Waals surface area contributed by atoms with E-state index in [0.717, 1.165) is 24.4 Å². The number of amides is 2. The molecular formula is C20H20N8O5S4. The summed E-state index contributed by atoms with van der Waals surface area (Å²) in [6, 6.07) is -0.942.